The fourth-order valence-electron chi connectivity index (χ4n) is 0.916. The fourth-order valence-corrected chi connectivity index (χ4v) is 1.45. The smallest absolute Gasteiger partial charge is 0.0719 e. The summed E-state index contributed by atoms with van der Waals surface area (Å²) in [6.07, 6.45) is -0.424. The van der Waals surface area contributed by atoms with E-state index in [9.17, 15) is 0 Å². The Morgan fingerprint density at radius 3 is 2.38 bits per heavy atom. The molecule has 0 heterocycles. The van der Waals surface area contributed by atoms with Gasteiger partial charge in [-0.15, -0.1) is 0 Å². The first-order chi connectivity index (χ1) is 6.11. The van der Waals surface area contributed by atoms with E-state index in [4.69, 9.17) is 28.3 Å². The molecule has 2 N–H and O–H groups in total. The van der Waals surface area contributed by atoms with Gasteiger partial charge in [-0.2, -0.15) is 0 Å². The van der Waals surface area contributed by atoms with E-state index in [-0.39, 0.29) is 0 Å². The van der Waals surface area contributed by atoms with Crippen LogP contribution in [0, 0.1) is 0 Å². The lowest BCUT2D eigenvalue weighted by Gasteiger charge is -2.11. The van der Waals surface area contributed by atoms with Gasteiger partial charge in [0, 0.05) is 6.54 Å². The van der Waals surface area contributed by atoms with E-state index in [1.54, 1.807) is 25.1 Å². The summed E-state index contributed by atoms with van der Waals surface area (Å²) >= 11 is 11.8. The third-order valence-electron chi connectivity index (χ3n) is 1.54. The molecule has 0 unspecified atom stereocenters. The average molecular weight is 220 g/mol. The molecule has 0 aliphatic carbocycles. The molecule has 0 saturated carbocycles. The van der Waals surface area contributed by atoms with Crippen LogP contribution < -0.4 is 5.32 Å². The number of rotatable bonds is 3. The van der Waals surface area contributed by atoms with Crippen LogP contribution in [0.25, 0.3) is 0 Å². The Hall–Kier alpha value is -0.440. The molecular formula is C9H11Cl2NO. The summed E-state index contributed by atoms with van der Waals surface area (Å²) in [7, 11) is 0. The molecule has 0 fully saturated rings. The second-order valence-corrected chi connectivity index (χ2v) is 3.64. The van der Waals surface area contributed by atoms with Crippen LogP contribution in [0.4, 0.5) is 5.69 Å². The second-order valence-electron chi connectivity index (χ2n) is 2.83. The molecule has 0 aliphatic rings. The van der Waals surface area contributed by atoms with Crippen LogP contribution in [0.5, 0.6) is 0 Å². The van der Waals surface area contributed by atoms with Crippen molar-refractivity contribution in [3.63, 3.8) is 0 Å². The van der Waals surface area contributed by atoms with Crippen molar-refractivity contribution in [3.05, 3.63) is 28.2 Å². The Balaban J connectivity index is 2.75. The molecule has 0 saturated heterocycles. The standard InChI is InChI=1S/C9H11Cl2NO/c1-6(13)5-12-9-7(10)3-2-4-8(9)11/h2-4,6,12-13H,5H2,1H3/t6-/m1/s1. The molecule has 72 valence electrons. The molecule has 0 aliphatic heterocycles. The van der Waals surface area contributed by atoms with E-state index in [1.165, 1.54) is 0 Å². The van der Waals surface area contributed by atoms with Gasteiger partial charge in [-0.1, -0.05) is 29.3 Å². The molecule has 0 spiro atoms. The third-order valence-corrected chi connectivity index (χ3v) is 2.17. The Bertz CT molecular complexity index is 269. The SMILES string of the molecule is C[C@@H](O)CNc1c(Cl)cccc1Cl. The summed E-state index contributed by atoms with van der Waals surface area (Å²) in [5.41, 5.74) is 0.673. The van der Waals surface area contributed by atoms with Gasteiger partial charge in [-0.25, -0.2) is 0 Å². The van der Waals surface area contributed by atoms with Crippen LogP contribution in [0.2, 0.25) is 10.0 Å². The molecular weight excluding hydrogens is 209 g/mol. The van der Waals surface area contributed by atoms with Crippen LogP contribution in [0.1, 0.15) is 6.92 Å². The quantitative estimate of drug-likeness (QED) is 0.820. The number of aliphatic hydroxyl groups excluding tert-OH is 1. The van der Waals surface area contributed by atoms with Crippen molar-refractivity contribution in [2.24, 2.45) is 0 Å². The van der Waals surface area contributed by atoms with Crippen molar-refractivity contribution >= 4 is 28.9 Å². The number of nitrogens with one attached hydrogen (secondary N) is 1. The van der Waals surface area contributed by atoms with E-state index in [2.05, 4.69) is 5.32 Å². The van der Waals surface area contributed by atoms with Crippen LogP contribution in [-0.2, 0) is 0 Å². The van der Waals surface area contributed by atoms with Gasteiger partial charge in [0.1, 0.15) is 0 Å². The van der Waals surface area contributed by atoms with Crippen molar-refractivity contribution in [2.75, 3.05) is 11.9 Å². The van der Waals surface area contributed by atoms with E-state index in [1.807, 2.05) is 0 Å². The first-order valence-corrected chi connectivity index (χ1v) is 4.73. The maximum absolute atomic E-state index is 9.05. The van der Waals surface area contributed by atoms with Gasteiger partial charge < -0.3 is 10.4 Å². The lowest BCUT2D eigenvalue weighted by atomic mass is 10.3. The topological polar surface area (TPSA) is 32.3 Å². The molecule has 1 rings (SSSR count). The molecule has 13 heavy (non-hydrogen) atoms. The van der Waals surface area contributed by atoms with Gasteiger partial charge in [0.05, 0.1) is 21.8 Å². The normalized spacial score (nSPS) is 12.6. The van der Waals surface area contributed by atoms with E-state index >= 15 is 0 Å². The number of benzene rings is 1. The first-order valence-electron chi connectivity index (χ1n) is 3.97. The second kappa shape index (κ2) is 4.70. The highest BCUT2D eigenvalue weighted by Gasteiger charge is 2.04. The molecule has 0 aromatic heterocycles. The van der Waals surface area contributed by atoms with Crippen LogP contribution in [0.15, 0.2) is 18.2 Å². The zero-order valence-electron chi connectivity index (χ0n) is 7.22. The highest BCUT2D eigenvalue weighted by atomic mass is 35.5. The lowest BCUT2D eigenvalue weighted by Crippen LogP contribution is -2.15. The minimum atomic E-state index is -0.424. The average Bonchev–Trinajstić information content (AvgIpc) is 2.03. The van der Waals surface area contributed by atoms with E-state index in [0.29, 0.717) is 22.3 Å². The van der Waals surface area contributed by atoms with Crippen molar-refractivity contribution in [1.82, 2.24) is 0 Å². The molecule has 2 nitrogen and oxygen atoms in total. The number of aliphatic hydroxyl groups is 1. The fraction of sp³-hybridized carbons (Fsp3) is 0.333. The van der Waals surface area contributed by atoms with Crippen LogP contribution in [-0.4, -0.2) is 17.8 Å². The minimum Gasteiger partial charge on any atom is -0.392 e. The lowest BCUT2D eigenvalue weighted by molar-refractivity contribution is 0.208. The molecule has 1 aromatic carbocycles. The Labute approximate surface area is 87.5 Å². The summed E-state index contributed by atoms with van der Waals surface area (Å²) in [5.74, 6) is 0. The van der Waals surface area contributed by atoms with Gasteiger partial charge in [0.25, 0.3) is 0 Å². The highest BCUT2D eigenvalue weighted by Crippen LogP contribution is 2.29. The largest absolute Gasteiger partial charge is 0.392 e. The zero-order valence-corrected chi connectivity index (χ0v) is 8.73. The molecule has 0 radical (unpaired) electrons. The highest BCUT2D eigenvalue weighted by molar-refractivity contribution is 6.39. The van der Waals surface area contributed by atoms with Crippen molar-refractivity contribution in [1.29, 1.82) is 0 Å². The molecule has 4 heteroatoms. The zero-order chi connectivity index (χ0) is 9.84. The Kier molecular flexibility index (Phi) is 3.85. The van der Waals surface area contributed by atoms with Crippen LogP contribution >= 0.6 is 23.2 Å². The Morgan fingerprint density at radius 2 is 1.92 bits per heavy atom. The third kappa shape index (κ3) is 3.07. The summed E-state index contributed by atoms with van der Waals surface area (Å²) < 4.78 is 0. The summed E-state index contributed by atoms with van der Waals surface area (Å²) in [6.45, 7) is 2.13. The number of para-hydroxylation sites is 1. The number of hydrogen-bond acceptors (Lipinski definition) is 2. The maximum atomic E-state index is 9.05. The van der Waals surface area contributed by atoms with E-state index in [0.717, 1.165) is 0 Å². The summed E-state index contributed by atoms with van der Waals surface area (Å²) in [6, 6.07) is 5.27. The molecule has 0 amide bonds. The predicted octanol–water partition coefficient (Wildman–Crippen LogP) is 2.79. The van der Waals surface area contributed by atoms with Crippen molar-refractivity contribution in [2.45, 2.75) is 13.0 Å². The minimum absolute atomic E-state index is 0.424. The van der Waals surface area contributed by atoms with Gasteiger partial charge >= 0.3 is 0 Å². The summed E-state index contributed by atoms with van der Waals surface area (Å²) in [4.78, 5) is 0. The predicted molar refractivity (Wildman–Crippen MR) is 56.6 cm³/mol. The van der Waals surface area contributed by atoms with Gasteiger partial charge in [-0.3, -0.25) is 0 Å². The monoisotopic (exact) mass is 219 g/mol. The van der Waals surface area contributed by atoms with Crippen LogP contribution in [0.3, 0.4) is 0 Å². The molecule has 1 aromatic rings. The molecule has 0 bridgehead atoms. The van der Waals surface area contributed by atoms with E-state index < -0.39 is 6.10 Å². The number of hydrogen-bond donors (Lipinski definition) is 2. The van der Waals surface area contributed by atoms with Gasteiger partial charge in [-0.05, 0) is 19.1 Å². The number of anilines is 1. The number of halogens is 2. The molecule has 1 atom stereocenters. The van der Waals surface area contributed by atoms with Gasteiger partial charge in [0.2, 0.25) is 0 Å². The first kappa shape index (κ1) is 10.6. The van der Waals surface area contributed by atoms with Crippen molar-refractivity contribution < 1.29 is 5.11 Å². The van der Waals surface area contributed by atoms with Crippen molar-refractivity contribution in [3.8, 4) is 0 Å². The maximum Gasteiger partial charge on any atom is 0.0719 e. The summed E-state index contributed by atoms with van der Waals surface area (Å²) in [5, 5.41) is 13.1. The Morgan fingerprint density at radius 1 is 1.38 bits per heavy atom. The van der Waals surface area contributed by atoms with Gasteiger partial charge in [0.15, 0.2) is 0 Å².